The predicted molar refractivity (Wildman–Crippen MR) is 86.9 cm³/mol. The average Bonchev–Trinajstić information content (AvgIpc) is 2.65. The van der Waals surface area contributed by atoms with Crippen LogP contribution in [0.1, 0.15) is 48.8 Å². The first kappa shape index (κ1) is 16.0. The molecular weight excluding hydrogens is 260 g/mol. The van der Waals surface area contributed by atoms with Crippen molar-refractivity contribution in [2.75, 3.05) is 7.05 Å². The van der Waals surface area contributed by atoms with Gasteiger partial charge in [0.15, 0.2) is 0 Å². The van der Waals surface area contributed by atoms with E-state index in [1.807, 2.05) is 11.9 Å². The summed E-state index contributed by atoms with van der Waals surface area (Å²) in [6, 6.07) is 6.44. The van der Waals surface area contributed by atoms with Gasteiger partial charge >= 0.3 is 0 Å². The highest BCUT2D eigenvalue weighted by Gasteiger charge is 2.29. The molecule has 0 saturated heterocycles. The molecule has 1 fully saturated rings. The quantitative estimate of drug-likeness (QED) is 0.868. The minimum absolute atomic E-state index is 0.00301. The molecule has 1 aromatic rings. The van der Waals surface area contributed by atoms with Gasteiger partial charge in [-0.3, -0.25) is 4.79 Å². The Hall–Kier alpha value is -1.35. The number of nitrogens with zero attached hydrogens (tertiary/aromatic N) is 1. The van der Waals surface area contributed by atoms with Crippen molar-refractivity contribution < 1.29 is 4.79 Å². The molecule has 0 aromatic heterocycles. The van der Waals surface area contributed by atoms with Gasteiger partial charge in [0.25, 0.3) is 0 Å². The number of hydrogen-bond acceptors (Lipinski definition) is 2. The summed E-state index contributed by atoms with van der Waals surface area (Å²) in [6.07, 6.45) is 5.41. The van der Waals surface area contributed by atoms with Crippen molar-refractivity contribution in [1.82, 2.24) is 4.90 Å². The van der Waals surface area contributed by atoms with Gasteiger partial charge in [-0.15, -0.1) is 0 Å². The van der Waals surface area contributed by atoms with Gasteiger partial charge in [0.1, 0.15) is 0 Å². The summed E-state index contributed by atoms with van der Waals surface area (Å²) in [5.41, 5.74) is 9.94. The first-order valence-corrected chi connectivity index (χ1v) is 8.05. The van der Waals surface area contributed by atoms with Crippen LogP contribution in [0.4, 0.5) is 0 Å². The maximum absolute atomic E-state index is 12.7. The predicted octanol–water partition coefficient (Wildman–Crippen LogP) is 3.17. The standard InChI is InChI=1S/C18H28N2O/c1-13-9-10-15(14(2)11-13)12-20(3)18(21)16-7-5-4-6-8-17(16)19/h9-11,16-17H,4-8,12,19H2,1-3H3. The van der Waals surface area contributed by atoms with Crippen molar-refractivity contribution in [2.24, 2.45) is 11.7 Å². The fourth-order valence-corrected chi connectivity index (χ4v) is 3.28. The first-order chi connectivity index (χ1) is 9.99. The summed E-state index contributed by atoms with van der Waals surface area (Å²) in [4.78, 5) is 14.5. The Bertz CT molecular complexity index is 498. The Labute approximate surface area is 128 Å². The molecule has 0 aliphatic heterocycles. The maximum atomic E-state index is 12.7. The van der Waals surface area contributed by atoms with Gasteiger partial charge < -0.3 is 10.6 Å². The van der Waals surface area contributed by atoms with Crippen molar-refractivity contribution in [3.05, 3.63) is 34.9 Å². The number of benzene rings is 1. The van der Waals surface area contributed by atoms with E-state index in [-0.39, 0.29) is 17.9 Å². The highest BCUT2D eigenvalue weighted by Crippen LogP contribution is 2.24. The molecule has 0 heterocycles. The molecule has 21 heavy (non-hydrogen) atoms. The molecule has 3 nitrogen and oxygen atoms in total. The minimum atomic E-state index is 0.00301. The lowest BCUT2D eigenvalue weighted by atomic mass is 9.94. The molecule has 0 spiro atoms. The molecule has 0 bridgehead atoms. The van der Waals surface area contributed by atoms with E-state index in [1.54, 1.807) is 0 Å². The summed E-state index contributed by atoms with van der Waals surface area (Å²) >= 11 is 0. The molecular formula is C18H28N2O. The normalized spacial score (nSPS) is 22.7. The van der Waals surface area contributed by atoms with Gasteiger partial charge in [0.2, 0.25) is 5.91 Å². The summed E-state index contributed by atoms with van der Waals surface area (Å²) in [5, 5.41) is 0. The molecule has 1 aromatic carbocycles. The zero-order valence-corrected chi connectivity index (χ0v) is 13.6. The number of amides is 1. The molecule has 2 unspecified atom stereocenters. The average molecular weight is 288 g/mol. The first-order valence-electron chi connectivity index (χ1n) is 8.05. The van der Waals surface area contributed by atoms with Gasteiger partial charge in [0.05, 0.1) is 5.92 Å². The molecule has 1 saturated carbocycles. The fraction of sp³-hybridized carbons (Fsp3) is 0.611. The number of hydrogen-bond donors (Lipinski definition) is 1. The molecule has 116 valence electrons. The topological polar surface area (TPSA) is 46.3 Å². The van der Waals surface area contributed by atoms with Crippen molar-refractivity contribution in [3.8, 4) is 0 Å². The van der Waals surface area contributed by atoms with Crippen LogP contribution in [-0.4, -0.2) is 23.9 Å². The molecule has 3 heteroatoms. The van der Waals surface area contributed by atoms with Crippen LogP contribution in [0.15, 0.2) is 18.2 Å². The van der Waals surface area contributed by atoms with Crippen LogP contribution < -0.4 is 5.73 Å². The largest absolute Gasteiger partial charge is 0.341 e. The van der Waals surface area contributed by atoms with Gasteiger partial charge in [-0.1, -0.05) is 43.0 Å². The van der Waals surface area contributed by atoms with Crippen molar-refractivity contribution in [3.63, 3.8) is 0 Å². The molecule has 2 rings (SSSR count). The lowest BCUT2D eigenvalue weighted by Gasteiger charge is -2.27. The Morgan fingerprint density at radius 1 is 1.24 bits per heavy atom. The van der Waals surface area contributed by atoms with E-state index in [0.717, 1.165) is 25.7 Å². The zero-order valence-electron chi connectivity index (χ0n) is 13.6. The van der Waals surface area contributed by atoms with Gasteiger partial charge in [-0.05, 0) is 37.8 Å². The van der Waals surface area contributed by atoms with E-state index in [4.69, 9.17) is 5.73 Å². The molecule has 0 radical (unpaired) electrons. The Morgan fingerprint density at radius 2 is 1.95 bits per heavy atom. The number of aryl methyl sites for hydroxylation is 2. The van der Waals surface area contributed by atoms with E-state index in [2.05, 4.69) is 32.0 Å². The second kappa shape index (κ2) is 7.08. The van der Waals surface area contributed by atoms with Crippen LogP contribution in [0, 0.1) is 19.8 Å². The third kappa shape index (κ3) is 4.07. The van der Waals surface area contributed by atoms with Crippen molar-refractivity contribution in [2.45, 2.75) is 58.5 Å². The van der Waals surface area contributed by atoms with E-state index < -0.39 is 0 Å². The number of carbonyl (C=O) groups excluding carboxylic acids is 1. The highest BCUT2D eigenvalue weighted by molar-refractivity contribution is 5.79. The zero-order chi connectivity index (χ0) is 15.4. The van der Waals surface area contributed by atoms with Crippen LogP contribution in [0.3, 0.4) is 0 Å². The van der Waals surface area contributed by atoms with Crippen LogP contribution in [-0.2, 0) is 11.3 Å². The second-order valence-corrected chi connectivity index (χ2v) is 6.53. The summed E-state index contributed by atoms with van der Waals surface area (Å²) in [6.45, 7) is 4.88. The SMILES string of the molecule is Cc1ccc(CN(C)C(=O)C2CCCCCC2N)c(C)c1. The Morgan fingerprint density at radius 3 is 2.67 bits per heavy atom. The number of rotatable bonds is 3. The summed E-state index contributed by atoms with van der Waals surface area (Å²) < 4.78 is 0. The third-order valence-electron chi connectivity index (χ3n) is 4.67. The lowest BCUT2D eigenvalue weighted by molar-refractivity contribution is -0.135. The number of carbonyl (C=O) groups is 1. The lowest BCUT2D eigenvalue weighted by Crippen LogP contribution is -2.42. The van der Waals surface area contributed by atoms with Crippen molar-refractivity contribution in [1.29, 1.82) is 0 Å². The van der Waals surface area contributed by atoms with Gasteiger partial charge in [-0.2, -0.15) is 0 Å². The van der Waals surface area contributed by atoms with Crippen LogP contribution >= 0.6 is 0 Å². The summed E-state index contributed by atoms with van der Waals surface area (Å²) in [7, 11) is 1.90. The maximum Gasteiger partial charge on any atom is 0.227 e. The molecule has 1 aliphatic carbocycles. The highest BCUT2D eigenvalue weighted by atomic mass is 16.2. The van der Waals surface area contributed by atoms with Crippen molar-refractivity contribution >= 4 is 5.91 Å². The van der Waals surface area contributed by atoms with Crippen LogP contribution in [0.2, 0.25) is 0 Å². The molecule has 1 aliphatic rings. The monoisotopic (exact) mass is 288 g/mol. The Balaban J connectivity index is 2.04. The number of nitrogens with two attached hydrogens (primary N) is 1. The van der Waals surface area contributed by atoms with E-state index >= 15 is 0 Å². The molecule has 2 N–H and O–H groups in total. The molecule has 1 amide bonds. The van der Waals surface area contributed by atoms with E-state index in [9.17, 15) is 4.79 Å². The molecule has 2 atom stereocenters. The second-order valence-electron chi connectivity index (χ2n) is 6.53. The van der Waals surface area contributed by atoms with Gasteiger partial charge in [0, 0.05) is 19.6 Å². The van der Waals surface area contributed by atoms with Crippen LogP contribution in [0.5, 0.6) is 0 Å². The third-order valence-corrected chi connectivity index (χ3v) is 4.67. The Kier molecular flexibility index (Phi) is 5.40. The van der Waals surface area contributed by atoms with Crippen LogP contribution in [0.25, 0.3) is 0 Å². The van der Waals surface area contributed by atoms with Gasteiger partial charge in [-0.25, -0.2) is 0 Å². The fourth-order valence-electron chi connectivity index (χ4n) is 3.28. The smallest absolute Gasteiger partial charge is 0.227 e. The van der Waals surface area contributed by atoms with E-state index in [0.29, 0.717) is 6.54 Å². The minimum Gasteiger partial charge on any atom is -0.341 e. The summed E-state index contributed by atoms with van der Waals surface area (Å²) in [5.74, 6) is 0.215. The van der Waals surface area contributed by atoms with E-state index in [1.165, 1.54) is 23.1 Å².